The summed E-state index contributed by atoms with van der Waals surface area (Å²) in [6.07, 6.45) is 4.74. The fourth-order valence-electron chi connectivity index (χ4n) is 2.99. The second-order valence-corrected chi connectivity index (χ2v) is 7.23. The molecular formula is C18H25Cl2N3O2. The first-order chi connectivity index (χ1) is 12.0. The molecule has 0 saturated carbocycles. The van der Waals surface area contributed by atoms with Crippen molar-refractivity contribution in [3.63, 3.8) is 0 Å². The maximum absolute atomic E-state index is 12.0. The van der Waals surface area contributed by atoms with Gasteiger partial charge in [0, 0.05) is 24.2 Å². The number of amides is 2. The van der Waals surface area contributed by atoms with Gasteiger partial charge in [-0.15, -0.1) is 0 Å². The molecular weight excluding hydrogens is 361 g/mol. The second-order valence-electron chi connectivity index (χ2n) is 6.39. The highest BCUT2D eigenvalue weighted by Crippen LogP contribution is 2.20. The third-order valence-electron chi connectivity index (χ3n) is 4.47. The zero-order chi connectivity index (χ0) is 18.2. The smallest absolute Gasteiger partial charge is 0.253 e. The van der Waals surface area contributed by atoms with E-state index < -0.39 is 0 Å². The summed E-state index contributed by atoms with van der Waals surface area (Å²) >= 11 is 11.8. The van der Waals surface area contributed by atoms with Crippen molar-refractivity contribution in [2.24, 2.45) is 0 Å². The molecule has 0 spiro atoms. The number of nitrogens with zero attached hydrogens (tertiary/aromatic N) is 1. The molecule has 1 aromatic carbocycles. The van der Waals surface area contributed by atoms with Crippen molar-refractivity contribution in [1.29, 1.82) is 0 Å². The highest BCUT2D eigenvalue weighted by molar-refractivity contribution is 6.36. The zero-order valence-corrected chi connectivity index (χ0v) is 16.0. The molecule has 7 heteroatoms. The SMILES string of the molecule is C[C@H]1CCCCN1CCCNC(=O)CNC(=O)c1ccc(Cl)cc1Cl. The monoisotopic (exact) mass is 385 g/mol. The van der Waals surface area contributed by atoms with Crippen molar-refractivity contribution >= 4 is 35.0 Å². The number of hydrogen-bond donors (Lipinski definition) is 2. The van der Waals surface area contributed by atoms with Gasteiger partial charge in [-0.05, 0) is 50.9 Å². The van der Waals surface area contributed by atoms with Crippen LogP contribution in [0.5, 0.6) is 0 Å². The Morgan fingerprint density at radius 2 is 2.04 bits per heavy atom. The number of likely N-dealkylation sites (tertiary alicyclic amines) is 1. The molecule has 1 saturated heterocycles. The zero-order valence-electron chi connectivity index (χ0n) is 14.5. The van der Waals surface area contributed by atoms with Gasteiger partial charge < -0.3 is 15.5 Å². The van der Waals surface area contributed by atoms with Crippen LogP contribution in [0.25, 0.3) is 0 Å². The fourth-order valence-corrected chi connectivity index (χ4v) is 3.49. The predicted molar refractivity (Wildman–Crippen MR) is 101 cm³/mol. The highest BCUT2D eigenvalue weighted by Gasteiger charge is 2.17. The number of piperidine rings is 1. The second kappa shape index (κ2) is 10.00. The molecule has 138 valence electrons. The van der Waals surface area contributed by atoms with Crippen LogP contribution in [-0.2, 0) is 4.79 Å². The van der Waals surface area contributed by atoms with Gasteiger partial charge in [-0.25, -0.2) is 0 Å². The number of carbonyl (C=O) groups is 2. The van der Waals surface area contributed by atoms with E-state index in [4.69, 9.17) is 23.2 Å². The van der Waals surface area contributed by atoms with Gasteiger partial charge in [0.25, 0.3) is 5.91 Å². The van der Waals surface area contributed by atoms with Crippen LogP contribution < -0.4 is 10.6 Å². The Kier molecular flexibility index (Phi) is 8.00. The van der Waals surface area contributed by atoms with E-state index in [-0.39, 0.29) is 23.4 Å². The molecule has 1 aliphatic rings. The van der Waals surface area contributed by atoms with E-state index in [1.165, 1.54) is 31.4 Å². The van der Waals surface area contributed by atoms with E-state index in [0.29, 0.717) is 23.2 Å². The summed E-state index contributed by atoms with van der Waals surface area (Å²) in [6.45, 7) is 4.94. The molecule has 0 unspecified atom stereocenters. The van der Waals surface area contributed by atoms with E-state index >= 15 is 0 Å². The lowest BCUT2D eigenvalue weighted by molar-refractivity contribution is -0.120. The van der Waals surface area contributed by atoms with Gasteiger partial charge in [0.05, 0.1) is 17.1 Å². The minimum absolute atomic E-state index is 0.0715. The average molecular weight is 386 g/mol. The predicted octanol–water partition coefficient (Wildman–Crippen LogP) is 3.10. The average Bonchev–Trinajstić information content (AvgIpc) is 2.58. The molecule has 2 N–H and O–H groups in total. The summed E-state index contributed by atoms with van der Waals surface area (Å²) in [7, 11) is 0. The van der Waals surface area contributed by atoms with Crippen molar-refractivity contribution in [3.8, 4) is 0 Å². The van der Waals surface area contributed by atoms with Gasteiger partial charge in [0.1, 0.15) is 0 Å². The quantitative estimate of drug-likeness (QED) is 0.708. The molecule has 0 aliphatic carbocycles. The normalized spacial score (nSPS) is 18.0. The number of hydrogen-bond acceptors (Lipinski definition) is 3. The van der Waals surface area contributed by atoms with E-state index in [1.54, 1.807) is 6.07 Å². The summed E-state index contributed by atoms with van der Waals surface area (Å²) in [5.41, 5.74) is 0.304. The Labute approximate surface area is 159 Å². The Balaban J connectivity index is 1.64. The van der Waals surface area contributed by atoms with Crippen LogP contribution in [0.4, 0.5) is 0 Å². The Morgan fingerprint density at radius 1 is 1.24 bits per heavy atom. The molecule has 2 amide bonds. The van der Waals surface area contributed by atoms with Crippen LogP contribution in [0.15, 0.2) is 18.2 Å². The molecule has 1 aliphatic heterocycles. The maximum atomic E-state index is 12.0. The number of nitrogens with one attached hydrogen (secondary N) is 2. The lowest BCUT2D eigenvalue weighted by Gasteiger charge is -2.33. The topological polar surface area (TPSA) is 61.4 Å². The van der Waals surface area contributed by atoms with Crippen molar-refractivity contribution in [1.82, 2.24) is 15.5 Å². The summed E-state index contributed by atoms with van der Waals surface area (Å²) in [5, 5.41) is 6.13. The van der Waals surface area contributed by atoms with Crippen LogP contribution in [0.1, 0.15) is 43.0 Å². The first-order valence-electron chi connectivity index (χ1n) is 8.71. The molecule has 0 aromatic heterocycles. The Hall–Kier alpha value is -1.30. The molecule has 5 nitrogen and oxygen atoms in total. The van der Waals surface area contributed by atoms with E-state index in [1.807, 2.05) is 0 Å². The molecule has 1 aromatic rings. The first kappa shape index (κ1) is 20.0. The van der Waals surface area contributed by atoms with Crippen LogP contribution in [0.2, 0.25) is 10.0 Å². The minimum atomic E-state index is -0.390. The molecule has 1 fully saturated rings. The van der Waals surface area contributed by atoms with Crippen LogP contribution in [0, 0.1) is 0 Å². The summed E-state index contributed by atoms with van der Waals surface area (Å²) < 4.78 is 0. The van der Waals surface area contributed by atoms with Crippen molar-refractivity contribution in [2.45, 2.75) is 38.6 Å². The number of carbonyl (C=O) groups excluding carboxylic acids is 2. The minimum Gasteiger partial charge on any atom is -0.355 e. The molecule has 1 heterocycles. The summed E-state index contributed by atoms with van der Waals surface area (Å²) in [5.74, 6) is -0.593. The Morgan fingerprint density at radius 3 is 2.76 bits per heavy atom. The van der Waals surface area contributed by atoms with Gasteiger partial charge in [-0.2, -0.15) is 0 Å². The number of rotatable bonds is 7. The largest absolute Gasteiger partial charge is 0.355 e. The van der Waals surface area contributed by atoms with Gasteiger partial charge in [0.2, 0.25) is 5.91 Å². The third-order valence-corrected chi connectivity index (χ3v) is 5.02. The third kappa shape index (κ3) is 6.49. The van der Waals surface area contributed by atoms with Crippen molar-refractivity contribution < 1.29 is 9.59 Å². The van der Waals surface area contributed by atoms with Gasteiger partial charge in [-0.1, -0.05) is 29.6 Å². The van der Waals surface area contributed by atoms with Gasteiger partial charge >= 0.3 is 0 Å². The lowest BCUT2D eigenvalue weighted by atomic mass is 10.0. The van der Waals surface area contributed by atoms with Crippen molar-refractivity contribution in [3.05, 3.63) is 33.8 Å². The molecule has 2 rings (SSSR count). The van der Waals surface area contributed by atoms with Gasteiger partial charge in [-0.3, -0.25) is 9.59 Å². The fraction of sp³-hybridized carbons (Fsp3) is 0.556. The van der Waals surface area contributed by atoms with E-state index in [0.717, 1.165) is 19.5 Å². The molecule has 0 bridgehead atoms. The van der Waals surface area contributed by atoms with Crippen molar-refractivity contribution in [2.75, 3.05) is 26.2 Å². The van der Waals surface area contributed by atoms with E-state index in [2.05, 4.69) is 22.5 Å². The summed E-state index contributed by atoms with van der Waals surface area (Å²) in [4.78, 5) is 26.3. The van der Waals surface area contributed by atoms with Crippen LogP contribution >= 0.6 is 23.2 Å². The highest BCUT2D eigenvalue weighted by atomic mass is 35.5. The first-order valence-corrected chi connectivity index (χ1v) is 9.47. The maximum Gasteiger partial charge on any atom is 0.253 e. The van der Waals surface area contributed by atoms with E-state index in [9.17, 15) is 9.59 Å². The molecule has 0 radical (unpaired) electrons. The number of benzene rings is 1. The molecule has 25 heavy (non-hydrogen) atoms. The number of halogens is 2. The summed E-state index contributed by atoms with van der Waals surface area (Å²) in [6, 6.07) is 5.26. The standard InChI is InChI=1S/C18H25Cl2N3O2/c1-13-5-2-3-9-23(13)10-4-8-21-17(24)12-22-18(25)15-7-6-14(19)11-16(15)20/h6-7,11,13H,2-5,8-10,12H2,1H3,(H,21,24)(H,22,25)/t13-/m0/s1. The van der Waals surface area contributed by atoms with Crippen LogP contribution in [0.3, 0.4) is 0 Å². The lowest BCUT2D eigenvalue weighted by Crippen LogP contribution is -2.40. The van der Waals surface area contributed by atoms with Crippen LogP contribution in [-0.4, -0.2) is 48.9 Å². The van der Waals surface area contributed by atoms with Gasteiger partial charge in [0.15, 0.2) is 0 Å². The molecule has 1 atom stereocenters. The Bertz CT molecular complexity index is 610.